The zero-order chi connectivity index (χ0) is 13.0. The first-order chi connectivity index (χ1) is 8.70. The van der Waals surface area contributed by atoms with Crippen LogP contribution in [0, 0.1) is 5.92 Å². The zero-order valence-corrected chi connectivity index (χ0v) is 12.4. The van der Waals surface area contributed by atoms with E-state index in [-0.39, 0.29) is 0 Å². The van der Waals surface area contributed by atoms with Gasteiger partial charge in [-0.05, 0) is 49.8 Å². The lowest BCUT2D eigenvalue weighted by Gasteiger charge is -2.18. The van der Waals surface area contributed by atoms with Crippen molar-refractivity contribution in [2.75, 3.05) is 6.54 Å². The molecule has 0 radical (unpaired) electrons. The highest BCUT2D eigenvalue weighted by Crippen LogP contribution is 2.28. The molecular weight excluding hydrogens is 265 g/mol. The fourth-order valence-corrected chi connectivity index (χ4v) is 2.72. The van der Waals surface area contributed by atoms with Crippen molar-refractivity contribution in [2.45, 2.75) is 45.1 Å². The van der Waals surface area contributed by atoms with Crippen molar-refractivity contribution in [2.24, 2.45) is 5.92 Å². The Labute approximate surface area is 120 Å². The van der Waals surface area contributed by atoms with E-state index in [1.807, 2.05) is 12.1 Å². The summed E-state index contributed by atoms with van der Waals surface area (Å²) in [6.07, 6.45) is 6.16. The number of benzene rings is 1. The zero-order valence-electron chi connectivity index (χ0n) is 10.9. The Morgan fingerprint density at radius 1 is 1.33 bits per heavy atom. The highest BCUT2D eigenvalue weighted by molar-refractivity contribution is 6.42. The molecule has 1 N–H and O–H groups in total. The van der Waals surface area contributed by atoms with E-state index < -0.39 is 0 Å². The van der Waals surface area contributed by atoms with Crippen molar-refractivity contribution in [3.8, 4) is 0 Å². The van der Waals surface area contributed by atoms with Crippen LogP contribution in [0.15, 0.2) is 18.2 Å². The Bertz CT molecular complexity index is 388. The largest absolute Gasteiger partial charge is 0.314 e. The van der Waals surface area contributed by atoms with E-state index in [0.29, 0.717) is 10.9 Å². The summed E-state index contributed by atoms with van der Waals surface area (Å²) in [4.78, 5) is 0. The summed E-state index contributed by atoms with van der Waals surface area (Å²) in [5, 5.41) is 5.01. The van der Waals surface area contributed by atoms with Crippen molar-refractivity contribution < 1.29 is 0 Å². The number of rotatable bonds is 7. The molecule has 0 saturated heterocycles. The summed E-state index contributed by atoms with van der Waals surface area (Å²) in [5.41, 5.74) is 1.18. The first-order valence-corrected chi connectivity index (χ1v) is 7.62. The smallest absolute Gasteiger partial charge is 0.0624 e. The second kappa shape index (κ2) is 6.79. The molecule has 18 heavy (non-hydrogen) atoms. The number of halogens is 2. The van der Waals surface area contributed by atoms with E-state index in [9.17, 15) is 0 Å². The van der Waals surface area contributed by atoms with Crippen LogP contribution in [-0.2, 0) is 6.42 Å². The van der Waals surface area contributed by atoms with Crippen molar-refractivity contribution in [3.05, 3.63) is 33.8 Å². The molecule has 1 aliphatic carbocycles. The van der Waals surface area contributed by atoms with E-state index in [1.54, 1.807) is 0 Å². The first-order valence-electron chi connectivity index (χ1n) is 6.87. The SMILES string of the molecule is CCCC(CNC1CC1)Cc1cccc(Cl)c1Cl. The van der Waals surface area contributed by atoms with Crippen molar-refractivity contribution in [3.63, 3.8) is 0 Å². The van der Waals surface area contributed by atoms with Gasteiger partial charge in [-0.25, -0.2) is 0 Å². The fourth-order valence-electron chi connectivity index (χ4n) is 2.32. The Kier molecular flexibility index (Phi) is 5.35. The van der Waals surface area contributed by atoms with Gasteiger partial charge in [0, 0.05) is 6.04 Å². The third-order valence-corrected chi connectivity index (χ3v) is 4.37. The van der Waals surface area contributed by atoms with Crippen LogP contribution in [0.2, 0.25) is 10.0 Å². The molecule has 1 aliphatic rings. The second-order valence-electron chi connectivity index (χ2n) is 5.25. The molecule has 1 aromatic rings. The summed E-state index contributed by atoms with van der Waals surface area (Å²) >= 11 is 12.3. The molecule has 0 aliphatic heterocycles. The molecule has 2 rings (SSSR count). The molecule has 0 spiro atoms. The number of hydrogen-bond donors (Lipinski definition) is 1. The Balaban J connectivity index is 1.95. The summed E-state index contributed by atoms with van der Waals surface area (Å²) in [6.45, 7) is 3.34. The highest BCUT2D eigenvalue weighted by atomic mass is 35.5. The van der Waals surface area contributed by atoms with E-state index in [4.69, 9.17) is 23.2 Å². The van der Waals surface area contributed by atoms with Crippen molar-refractivity contribution in [1.82, 2.24) is 5.32 Å². The molecular formula is C15H21Cl2N. The van der Waals surface area contributed by atoms with Gasteiger partial charge in [0.2, 0.25) is 0 Å². The predicted octanol–water partition coefficient (Wildman–Crippen LogP) is 4.70. The molecule has 1 unspecified atom stereocenters. The van der Waals surface area contributed by atoms with Gasteiger partial charge in [0.05, 0.1) is 10.0 Å². The second-order valence-corrected chi connectivity index (χ2v) is 6.04. The molecule has 1 atom stereocenters. The minimum Gasteiger partial charge on any atom is -0.314 e. The average molecular weight is 286 g/mol. The van der Waals surface area contributed by atoms with E-state index in [1.165, 1.54) is 31.2 Å². The normalized spacial score (nSPS) is 16.8. The van der Waals surface area contributed by atoms with E-state index in [0.717, 1.165) is 24.0 Å². The van der Waals surface area contributed by atoms with Crippen LogP contribution in [0.3, 0.4) is 0 Å². The van der Waals surface area contributed by atoms with Crippen LogP contribution in [0.1, 0.15) is 38.2 Å². The van der Waals surface area contributed by atoms with Gasteiger partial charge < -0.3 is 5.32 Å². The first kappa shape index (κ1) is 14.2. The molecule has 3 heteroatoms. The Hall–Kier alpha value is -0.240. The quantitative estimate of drug-likeness (QED) is 0.765. The van der Waals surface area contributed by atoms with Crippen LogP contribution in [0.25, 0.3) is 0 Å². The van der Waals surface area contributed by atoms with Crippen LogP contribution in [0.4, 0.5) is 0 Å². The van der Waals surface area contributed by atoms with Gasteiger partial charge in [-0.15, -0.1) is 0 Å². The monoisotopic (exact) mass is 285 g/mol. The van der Waals surface area contributed by atoms with Crippen molar-refractivity contribution >= 4 is 23.2 Å². The maximum Gasteiger partial charge on any atom is 0.0624 e. The lowest BCUT2D eigenvalue weighted by atomic mass is 9.95. The van der Waals surface area contributed by atoms with Gasteiger partial charge >= 0.3 is 0 Å². The van der Waals surface area contributed by atoms with Crippen LogP contribution in [-0.4, -0.2) is 12.6 Å². The predicted molar refractivity (Wildman–Crippen MR) is 79.6 cm³/mol. The maximum absolute atomic E-state index is 6.26. The Morgan fingerprint density at radius 2 is 2.11 bits per heavy atom. The molecule has 1 aromatic carbocycles. The fraction of sp³-hybridized carbons (Fsp3) is 0.600. The van der Waals surface area contributed by atoms with Crippen molar-refractivity contribution in [1.29, 1.82) is 0 Å². The molecule has 0 heterocycles. The van der Waals surface area contributed by atoms with Crippen LogP contribution < -0.4 is 5.32 Å². The number of nitrogens with one attached hydrogen (secondary N) is 1. The minimum absolute atomic E-state index is 0.659. The van der Waals surface area contributed by atoms with Crippen LogP contribution >= 0.6 is 23.2 Å². The molecule has 0 amide bonds. The molecule has 0 aromatic heterocycles. The Morgan fingerprint density at radius 3 is 2.78 bits per heavy atom. The summed E-state index contributed by atoms with van der Waals surface area (Å²) in [7, 11) is 0. The molecule has 1 nitrogen and oxygen atoms in total. The average Bonchev–Trinajstić information content (AvgIpc) is 3.16. The molecule has 0 bridgehead atoms. The molecule has 100 valence electrons. The van der Waals surface area contributed by atoms with Gasteiger partial charge in [-0.1, -0.05) is 48.7 Å². The molecule has 1 saturated carbocycles. The topological polar surface area (TPSA) is 12.0 Å². The lowest BCUT2D eigenvalue weighted by molar-refractivity contribution is 0.437. The van der Waals surface area contributed by atoms with Gasteiger partial charge in [-0.2, -0.15) is 0 Å². The van der Waals surface area contributed by atoms with Gasteiger partial charge in [0.15, 0.2) is 0 Å². The number of hydrogen-bond acceptors (Lipinski definition) is 1. The maximum atomic E-state index is 6.26. The minimum atomic E-state index is 0.659. The summed E-state index contributed by atoms with van der Waals surface area (Å²) in [6, 6.07) is 6.71. The van der Waals surface area contributed by atoms with Gasteiger partial charge in [-0.3, -0.25) is 0 Å². The highest BCUT2D eigenvalue weighted by Gasteiger charge is 2.22. The van der Waals surface area contributed by atoms with Gasteiger partial charge in [0.1, 0.15) is 0 Å². The molecule has 1 fully saturated rings. The van der Waals surface area contributed by atoms with Gasteiger partial charge in [0.25, 0.3) is 0 Å². The van der Waals surface area contributed by atoms with Crippen LogP contribution in [0.5, 0.6) is 0 Å². The summed E-state index contributed by atoms with van der Waals surface area (Å²) < 4.78 is 0. The third kappa shape index (κ3) is 4.15. The lowest BCUT2D eigenvalue weighted by Crippen LogP contribution is -2.26. The van der Waals surface area contributed by atoms with E-state index >= 15 is 0 Å². The third-order valence-electron chi connectivity index (χ3n) is 3.51. The summed E-state index contributed by atoms with van der Waals surface area (Å²) in [5.74, 6) is 0.659. The van der Waals surface area contributed by atoms with E-state index in [2.05, 4.69) is 18.3 Å². The standard InChI is InChI=1S/C15H21Cl2N/c1-2-4-11(10-18-13-7-8-13)9-12-5-3-6-14(16)15(12)17/h3,5-6,11,13,18H,2,4,7-10H2,1H3.